The molecule has 0 spiro atoms. The topological polar surface area (TPSA) is 40.5 Å². The predicted molar refractivity (Wildman–Crippen MR) is 126 cm³/mol. The minimum Gasteiger partial charge on any atom is -0.376 e. The zero-order valence-corrected chi connectivity index (χ0v) is 18.8. The van der Waals surface area contributed by atoms with E-state index in [9.17, 15) is 10.2 Å². The molecule has 2 nitrogen and oxygen atoms in total. The molecule has 4 rings (SSSR count). The van der Waals surface area contributed by atoms with E-state index in [1.54, 1.807) is 22.7 Å². The second kappa shape index (κ2) is 8.48. The Balaban J connectivity index is 2.05. The number of thiophene rings is 2. The van der Waals surface area contributed by atoms with Crippen LogP contribution in [0.15, 0.2) is 84.9 Å². The molecule has 0 saturated carbocycles. The van der Waals surface area contributed by atoms with Gasteiger partial charge in [-0.15, -0.1) is 22.7 Å². The minimum atomic E-state index is -1.64. The maximum Gasteiger partial charge on any atom is 0.161 e. The molecule has 2 aromatic carbocycles. The van der Waals surface area contributed by atoms with Crippen LogP contribution in [0.4, 0.5) is 0 Å². The van der Waals surface area contributed by atoms with E-state index < -0.39 is 11.2 Å². The van der Waals surface area contributed by atoms with Crippen molar-refractivity contribution in [2.75, 3.05) is 0 Å². The molecule has 4 aromatic rings. The first kappa shape index (κ1) is 21.0. The van der Waals surface area contributed by atoms with Crippen molar-refractivity contribution in [3.05, 3.63) is 116 Å². The van der Waals surface area contributed by atoms with Crippen LogP contribution < -0.4 is 0 Å². The molecule has 0 radical (unpaired) electrons. The highest BCUT2D eigenvalue weighted by Crippen LogP contribution is 2.52. The van der Waals surface area contributed by atoms with Crippen molar-refractivity contribution >= 4 is 22.7 Å². The number of hydrogen-bond acceptors (Lipinski definition) is 4. The number of aliphatic hydroxyl groups is 2. The van der Waals surface area contributed by atoms with Crippen LogP contribution in [0.25, 0.3) is 0 Å². The Morgan fingerprint density at radius 2 is 0.933 bits per heavy atom. The Hall–Kier alpha value is -2.24. The van der Waals surface area contributed by atoms with Gasteiger partial charge in [-0.25, -0.2) is 0 Å². The smallest absolute Gasteiger partial charge is 0.161 e. The molecule has 2 heterocycles. The third-order valence-corrected chi connectivity index (χ3v) is 8.32. The number of aryl methyl sites for hydroxylation is 2. The van der Waals surface area contributed by atoms with E-state index in [0.717, 1.165) is 22.6 Å². The molecule has 154 valence electrons. The summed E-state index contributed by atoms with van der Waals surface area (Å²) >= 11 is 3.12. The Morgan fingerprint density at radius 1 is 0.567 bits per heavy atom. The lowest BCUT2D eigenvalue weighted by molar-refractivity contribution is -0.108. The van der Waals surface area contributed by atoms with Crippen molar-refractivity contribution in [2.24, 2.45) is 0 Å². The van der Waals surface area contributed by atoms with Gasteiger partial charge >= 0.3 is 0 Å². The van der Waals surface area contributed by atoms with Crippen molar-refractivity contribution in [1.82, 2.24) is 0 Å². The maximum absolute atomic E-state index is 12.5. The molecular weight excluding hydrogens is 408 g/mol. The largest absolute Gasteiger partial charge is 0.376 e. The van der Waals surface area contributed by atoms with E-state index in [1.165, 1.54) is 9.75 Å². The molecule has 2 N–H and O–H groups in total. The number of rotatable bonds is 7. The first-order chi connectivity index (χ1) is 14.5. The zero-order chi connectivity index (χ0) is 21.2. The summed E-state index contributed by atoms with van der Waals surface area (Å²) in [4.78, 5) is 3.83. The molecule has 0 amide bonds. The van der Waals surface area contributed by atoms with E-state index in [2.05, 4.69) is 13.8 Å². The standard InChI is InChI=1S/C26H26O2S2/c1-3-21-15-17-23(29-21)25(27,19-11-7-5-8-12-19)26(28,20-13-9-6-10-14-20)24-18-16-22(4-2)30-24/h5-18,27-28H,3-4H2,1-2H3. The molecule has 0 bridgehead atoms. The van der Waals surface area contributed by atoms with Crippen molar-refractivity contribution in [2.45, 2.75) is 37.9 Å². The van der Waals surface area contributed by atoms with Crippen LogP contribution in [-0.2, 0) is 24.0 Å². The third kappa shape index (κ3) is 3.34. The Morgan fingerprint density at radius 3 is 1.23 bits per heavy atom. The van der Waals surface area contributed by atoms with E-state index in [-0.39, 0.29) is 0 Å². The molecule has 0 fully saturated rings. The van der Waals surface area contributed by atoms with E-state index in [4.69, 9.17) is 0 Å². The van der Waals surface area contributed by atoms with Gasteiger partial charge in [-0.05, 0) is 48.2 Å². The van der Waals surface area contributed by atoms with E-state index in [0.29, 0.717) is 11.1 Å². The number of hydrogen-bond donors (Lipinski definition) is 2. The van der Waals surface area contributed by atoms with Gasteiger partial charge in [0.2, 0.25) is 0 Å². The Bertz CT molecular complexity index is 1010. The normalized spacial score (nSPS) is 15.5. The molecular formula is C26H26O2S2. The summed E-state index contributed by atoms with van der Waals surface area (Å²) in [5.74, 6) is 0. The van der Waals surface area contributed by atoms with Gasteiger partial charge in [0.1, 0.15) is 0 Å². The van der Waals surface area contributed by atoms with E-state index >= 15 is 0 Å². The molecule has 2 aromatic heterocycles. The van der Waals surface area contributed by atoms with Crippen LogP contribution in [0, 0.1) is 0 Å². The first-order valence-corrected chi connectivity index (χ1v) is 11.9. The number of benzene rings is 2. The van der Waals surface area contributed by atoms with Gasteiger partial charge < -0.3 is 10.2 Å². The summed E-state index contributed by atoms with van der Waals surface area (Å²) in [6.45, 7) is 4.21. The van der Waals surface area contributed by atoms with Gasteiger partial charge in [-0.3, -0.25) is 0 Å². The van der Waals surface area contributed by atoms with Crippen molar-refractivity contribution < 1.29 is 10.2 Å². The van der Waals surface area contributed by atoms with E-state index in [1.807, 2.05) is 84.9 Å². The highest BCUT2D eigenvalue weighted by molar-refractivity contribution is 7.12. The molecule has 0 aliphatic carbocycles. The second-order valence-electron chi connectivity index (χ2n) is 7.39. The van der Waals surface area contributed by atoms with Gasteiger partial charge in [0.25, 0.3) is 0 Å². The molecule has 0 aliphatic heterocycles. The van der Waals surface area contributed by atoms with Crippen LogP contribution in [0.2, 0.25) is 0 Å². The highest BCUT2D eigenvalue weighted by atomic mass is 32.1. The summed E-state index contributed by atoms with van der Waals surface area (Å²) in [7, 11) is 0. The summed E-state index contributed by atoms with van der Waals surface area (Å²) in [5.41, 5.74) is -1.92. The Labute approximate surface area is 186 Å². The fourth-order valence-electron chi connectivity index (χ4n) is 3.94. The monoisotopic (exact) mass is 434 g/mol. The van der Waals surface area contributed by atoms with Crippen molar-refractivity contribution in [1.29, 1.82) is 0 Å². The Kier molecular flexibility index (Phi) is 5.94. The second-order valence-corrected chi connectivity index (χ2v) is 9.73. The minimum absolute atomic E-state index is 0.673. The van der Waals surface area contributed by atoms with Crippen LogP contribution in [0.5, 0.6) is 0 Å². The van der Waals surface area contributed by atoms with Gasteiger partial charge in [-0.2, -0.15) is 0 Å². The van der Waals surface area contributed by atoms with Crippen molar-refractivity contribution in [3.8, 4) is 0 Å². The lowest BCUT2D eigenvalue weighted by Gasteiger charge is -2.43. The summed E-state index contributed by atoms with van der Waals surface area (Å²) in [6.07, 6.45) is 1.77. The quantitative estimate of drug-likeness (QED) is 0.369. The fourth-order valence-corrected chi connectivity index (χ4v) is 6.17. The summed E-state index contributed by atoms with van der Waals surface area (Å²) in [6, 6.07) is 27.1. The highest BCUT2D eigenvalue weighted by Gasteiger charge is 2.55. The molecule has 0 saturated heterocycles. The van der Waals surface area contributed by atoms with Gasteiger partial charge in [-0.1, -0.05) is 74.5 Å². The lowest BCUT2D eigenvalue weighted by Crippen LogP contribution is -2.50. The van der Waals surface area contributed by atoms with Gasteiger partial charge in [0.15, 0.2) is 11.2 Å². The fraction of sp³-hybridized carbons (Fsp3) is 0.231. The van der Waals surface area contributed by atoms with Crippen LogP contribution >= 0.6 is 22.7 Å². The molecule has 2 atom stereocenters. The van der Waals surface area contributed by atoms with Gasteiger partial charge in [0, 0.05) is 19.5 Å². The molecule has 4 heteroatoms. The van der Waals surface area contributed by atoms with Crippen LogP contribution in [-0.4, -0.2) is 10.2 Å². The predicted octanol–water partition coefficient (Wildman–Crippen LogP) is 6.11. The molecule has 30 heavy (non-hydrogen) atoms. The third-order valence-electron chi connectivity index (χ3n) is 5.64. The average molecular weight is 435 g/mol. The average Bonchev–Trinajstić information content (AvgIpc) is 3.49. The van der Waals surface area contributed by atoms with Crippen molar-refractivity contribution in [3.63, 3.8) is 0 Å². The summed E-state index contributed by atoms with van der Waals surface area (Å²) in [5, 5.41) is 25.1. The van der Waals surface area contributed by atoms with Crippen LogP contribution in [0.3, 0.4) is 0 Å². The summed E-state index contributed by atoms with van der Waals surface area (Å²) < 4.78 is 0. The molecule has 0 aliphatic rings. The SMILES string of the molecule is CCc1ccc(C(O)(c2ccccc2)C(O)(c2ccccc2)c2ccc(CC)s2)s1. The lowest BCUT2D eigenvalue weighted by atomic mass is 9.71. The maximum atomic E-state index is 12.5. The van der Waals surface area contributed by atoms with Crippen LogP contribution in [0.1, 0.15) is 44.5 Å². The zero-order valence-electron chi connectivity index (χ0n) is 17.2. The first-order valence-electron chi connectivity index (χ1n) is 10.3. The molecule has 2 unspecified atom stereocenters. The van der Waals surface area contributed by atoms with Gasteiger partial charge in [0.05, 0.1) is 0 Å².